The molecule has 160 valence electrons. The second-order valence-corrected chi connectivity index (χ2v) is 10.4. The number of ether oxygens (including phenoxy) is 1. The van der Waals surface area contributed by atoms with E-state index in [1.165, 1.54) is 16.2 Å². The lowest BCUT2D eigenvalue weighted by molar-refractivity contribution is -0.00532. The molecule has 0 amide bonds. The van der Waals surface area contributed by atoms with Gasteiger partial charge in [0.05, 0.1) is 27.1 Å². The third kappa shape index (κ3) is 3.16. The number of hydrogen-bond acceptors (Lipinski definition) is 7. The van der Waals surface area contributed by atoms with Crippen LogP contribution in [0, 0.1) is 5.82 Å². The standard InChI is InChI=1S/C23H23FN4OS2/c1-28-7-3-15(23(28)4-8-29-9-5-23)20-10-14-17(2-6-25-22(14)31-20)27-18-12-19-21(11-16(18)24)30-13-26-19/h2,6,10-13,15H,3-5,7-9H2,1H3,(H,25,27). The lowest BCUT2D eigenvalue weighted by atomic mass is 9.77. The van der Waals surface area contributed by atoms with Crippen molar-refractivity contribution in [2.75, 3.05) is 32.1 Å². The van der Waals surface area contributed by atoms with Crippen LogP contribution in [0.25, 0.3) is 20.4 Å². The summed E-state index contributed by atoms with van der Waals surface area (Å²) < 4.78 is 21.2. The fraction of sp³-hybridized carbons (Fsp3) is 0.391. The average Bonchev–Trinajstić information content (AvgIpc) is 3.48. The summed E-state index contributed by atoms with van der Waals surface area (Å²) in [6, 6.07) is 7.53. The van der Waals surface area contributed by atoms with Crippen molar-refractivity contribution in [1.82, 2.24) is 14.9 Å². The minimum atomic E-state index is -0.268. The molecular weight excluding hydrogens is 431 g/mol. The minimum absolute atomic E-state index is 0.175. The minimum Gasteiger partial charge on any atom is -0.381 e. The number of thiophene rings is 1. The number of rotatable bonds is 3. The first kappa shape index (κ1) is 19.5. The number of likely N-dealkylation sites (N-methyl/N-ethyl adjacent to an activating group) is 1. The second-order valence-electron chi connectivity index (χ2n) is 8.48. The predicted octanol–water partition coefficient (Wildman–Crippen LogP) is 5.76. The van der Waals surface area contributed by atoms with Crippen LogP contribution in [0.4, 0.5) is 15.8 Å². The van der Waals surface area contributed by atoms with E-state index in [-0.39, 0.29) is 11.4 Å². The normalized spacial score (nSPS) is 21.4. The molecule has 1 N–H and O–H groups in total. The molecule has 0 aliphatic carbocycles. The summed E-state index contributed by atoms with van der Waals surface area (Å²) in [6.45, 7) is 2.76. The SMILES string of the molecule is CN1CCC(c2cc3c(Nc4cc5ncsc5cc4F)ccnc3s2)C12CCOCC2. The molecule has 3 aromatic heterocycles. The molecular formula is C23H23FN4OS2. The summed E-state index contributed by atoms with van der Waals surface area (Å²) in [5.41, 5.74) is 4.05. The summed E-state index contributed by atoms with van der Waals surface area (Å²) in [5, 5.41) is 4.36. The van der Waals surface area contributed by atoms with E-state index >= 15 is 0 Å². The molecule has 1 atom stereocenters. The van der Waals surface area contributed by atoms with Crippen molar-refractivity contribution in [3.8, 4) is 0 Å². The maximum absolute atomic E-state index is 14.7. The summed E-state index contributed by atoms with van der Waals surface area (Å²) in [4.78, 5) is 13.9. The number of nitrogens with zero attached hydrogens (tertiary/aromatic N) is 3. The van der Waals surface area contributed by atoms with Gasteiger partial charge in [0.1, 0.15) is 10.6 Å². The Morgan fingerprint density at radius 2 is 2.06 bits per heavy atom. The summed E-state index contributed by atoms with van der Waals surface area (Å²) in [7, 11) is 2.25. The summed E-state index contributed by atoms with van der Waals surface area (Å²) in [6.07, 6.45) is 5.09. The van der Waals surface area contributed by atoms with Crippen LogP contribution in [-0.4, -0.2) is 47.2 Å². The Kier molecular flexibility index (Phi) is 4.72. The summed E-state index contributed by atoms with van der Waals surface area (Å²) in [5.74, 6) is 0.215. The molecule has 1 aromatic carbocycles. The quantitative estimate of drug-likeness (QED) is 0.427. The van der Waals surface area contributed by atoms with Crippen molar-refractivity contribution >= 4 is 54.5 Å². The number of hydrogen-bond donors (Lipinski definition) is 1. The highest BCUT2D eigenvalue weighted by Gasteiger charge is 2.48. The third-order valence-corrected chi connectivity index (χ3v) is 8.96. The third-order valence-electron chi connectivity index (χ3n) is 7.01. The molecule has 0 saturated carbocycles. The number of fused-ring (bicyclic) bond motifs is 2. The van der Waals surface area contributed by atoms with E-state index in [0.717, 1.165) is 65.1 Å². The fourth-order valence-electron chi connectivity index (χ4n) is 5.30. The molecule has 8 heteroatoms. The fourth-order valence-corrected chi connectivity index (χ4v) is 7.26. The zero-order valence-corrected chi connectivity index (χ0v) is 18.9. The number of halogens is 1. The zero-order chi connectivity index (χ0) is 21.0. The Bertz CT molecular complexity index is 1260. The number of anilines is 2. The van der Waals surface area contributed by atoms with E-state index < -0.39 is 0 Å². The Labute approximate surface area is 187 Å². The van der Waals surface area contributed by atoms with Crippen LogP contribution < -0.4 is 5.32 Å². The van der Waals surface area contributed by atoms with Crippen molar-refractivity contribution in [3.05, 3.63) is 46.7 Å². The molecule has 6 rings (SSSR count). The largest absolute Gasteiger partial charge is 0.381 e. The van der Waals surface area contributed by atoms with Crippen LogP contribution in [0.3, 0.4) is 0 Å². The molecule has 2 fully saturated rings. The van der Waals surface area contributed by atoms with Crippen LogP contribution in [0.15, 0.2) is 36.0 Å². The van der Waals surface area contributed by atoms with Gasteiger partial charge in [-0.2, -0.15) is 0 Å². The summed E-state index contributed by atoms with van der Waals surface area (Å²) >= 11 is 3.22. The Morgan fingerprint density at radius 1 is 1.19 bits per heavy atom. The maximum atomic E-state index is 14.7. The number of aromatic nitrogens is 2. The van der Waals surface area contributed by atoms with Gasteiger partial charge in [0.15, 0.2) is 0 Å². The van der Waals surface area contributed by atoms with Gasteiger partial charge in [0.25, 0.3) is 0 Å². The highest BCUT2D eigenvalue weighted by Crippen LogP contribution is 2.50. The molecule has 1 unspecified atom stereocenters. The molecule has 2 aliphatic heterocycles. The van der Waals surface area contributed by atoms with Crippen LogP contribution in [-0.2, 0) is 4.74 Å². The van der Waals surface area contributed by atoms with Crippen molar-refractivity contribution < 1.29 is 9.13 Å². The van der Waals surface area contributed by atoms with Gasteiger partial charge in [0, 0.05) is 41.1 Å². The molecule has 2 saturated heterocycles. The molecule has 0 bridgehead atoms. The maximum Gasteiger partial charge on any atom is 0.148 e. The first-order valence-corrected chi connectivity index (χ1v) is 12.3. The van der Waals surface area contributed by atoms with E-state index in [4.69, 9.17) is 4.74 Å². The van der Waals surface area contributed by atoms with Gasteiger partial charge in [-0.3, -0.25) is 4.90 Å². The van der Waals surface area contributed by atoms with Crippen LogP contribution in [0.1, 0.15) is 30.1 Å². The topological polar surface area (TPSA) is 50.3 Å². The lowest BCUT2D eigenvalue weighted by Crippen LogP contribution is -2.49. The Balaban J connectivity index is 1.38. The molecule has 31 heavy (non-hydrogen) atoms. The van der Waals surface area contributed by atoms with E-state index in [1.807, 2.05) is 6.07 Å². The smallest absolute Gasteiger partial charge is 0.148 e. The van der Waals surface area contributed by atoms with Crippen molar-refractivity contribution in [1.29, 1.82) is 0 Å². The number of nitrogens with one attached hydrogen (secondary N) is 1. The molecule has 4 aromatic rings. The highest BCUT2D eigenvalue weighted by atomic mass is 32.1. The molecule has 1 spiro atoms. The van der Waals surface area contributed by atoms with Gasteiger partial charge < -0.3 is 10.1 Å². The second kappa shape index (κ2) is 7.48. The number of benzene rings is 1. The van der Waals surface area contributed by atoms with E-state index in [9.17, 15) is 4.39 Å². The van der Waals surface area contributed by atoms with Gasteiger partial charge in [-0.1, -0.05) is 0 Å². The Hall–Kier alpha value is -2.13. The molecule has 5 nitrogen and oxygen atoms in total. The van der Waals surface area contributed by atoms with Gasteiger partial charge in [-0.05, 0) is 57.1 Å². The lowest BCUT2D eigenvalue weighted by Gasteiger charge is -2.43. The first-order valence-electron chi connectivity index (χ1n) is 10.6. The predicted molar refractivity (Wildman–Crippen MR) is 125 cm³/mol. The Morgan fingerprint density at radius 3 is 2.94 bits per heavy atom. The first-order chi connectivity index (χ1) is 15.1. The number of pyridine rings is 1. The molecule has 5 heterocycles. The zero-order valence-electron chi connectivity index (χ0n) is 17.2. The van der Waals surface area contributed by atoms with Crippen molar-refractivity contribution in [2.24, 2.45) is 0 Å². The van der Waals surface area contributed by atoms with Crippen LogP contribution in [0.2, 0.25) is 0 Å². The number of thiazole rings is 1. The van der Waals surface area contributed by atoms with Crippen molar-refractivity contribution in [3.63, 3.8) is 0 Å². The van der Waals surface area contributed by atoms with E-state index in [0.29, 0.717) is 11.6 Å². The highest BCUT2D eigenvalue weighted by molar-refractivity contribution is 7.18. The van der Waals surface area contributed by atoms with Gasteiger partial charge in [-0.15, -0.1) is 22.7 Å². The van der Waals surface area contributed by atoms with E-state index in [2.05, 4.69) is 33.3 Å². The van der Waals surface area contributed by atoms with Crippen LogP contribution >= 0.6 is 22.7 Å². The van der Waals surface area contributed by atoms with Crippen LogP contribution in [0.5, 0.6) is 0 Å². The van der Waals surface area contributed by atoms with E-state index in [1.54, 1.807) is 35.2 Å². The molecule has 0 radical (unpaired) electrons. The molecule has 2 aliphatic rings. The van der Waals surface area contributed by atoms with Gasteiger partial charge in [-0.25, -0.2) is 14.4 Å². The van der Waals surface area contributed by atoms with Gasteiger partial charge in [0.2, 0.25) is 0 Å². The monoisotopic (exact) mass is 454 g/mol. The average molecular weight is 455 g/mol. The van der Waals surface area contributed by atoms with Gasteiger partial charge >= 0.3 is 0 Å². The van der Waals surface area contributed by atoms with Crippen molar-refractivity contribution in [2.45, 2.75) is 30.7 Å². The number of likely N-dealkylation sites (tertiary alicyclic amines) is 1.